The monoisotopic (exact) mass is 475 g/mol. The number of phenolic OH excluding ortho intramolecular Hbond substituents is 1. The third-order valence-electron chi connectivity index (χ3n) is 4.80. The number of nitrogens with zero attached hydrogens (tertiary/aromatic N) is 2. The van der Waals surface area contributed by atoms with Crippen LogP contribution in [0.2, 0.25) is 0 Å². The lowest BCUT2D eigenvalue weighted by molar-refractivity contribution is -0.120. The molecule has 0 aliphatic carbocycles. The van der Waals surface area contributed by atoms with Crippen molar-refractivity contribution in [1.29, 1.82) is 0 Å². The molecule has 1 aliphatic heterocycles. The van der Waals surface area contributed by atoms with Crippen LogP contribution in [0.4, 0.5) is 21.9 Å². The minimum Gasteiger partial charge on any atom is -0.508 e. The minimum absolute atomic E-state index is 0.143. The van der Waals surface area contributed by atoms with Gasteiger partial charge in [0.05, 0.1) is 11.9 Å². The van der Waals surface area contributed by atoms with E-state index in [2.05, 4.69) is 21.2 Å². The maximum atomic E-state index is 12.5. The number of thiocarbonyl (C=S) groups is 1. The number of nitrogens with one attached hydrogen (secondary N) is 3. The van der Waals surface area contributed by atoms with Crippen LogP contribution in [0.3, 0.4) is 0 Å². The molecular formula is C24H21N5O4S. The Bertz CT molecular complexity index is 1280. The van der Waals surface area contributed by atoms with Gasteiger partial charge in [0.25, 0.3) is 5.91 Å². The zero-order valence-electron chi connectivity index (χ0n) is 18.1. The van der Waals surface area contributed by atoms with E-state index in [1.807, 2.05) is 31.2 Å². The molecule has 0 unspecified atom stereocenters. The van der Waals surface area contributed by atoms with Gasteiger partial charge in [-0.1, -0.05) is 12.1 Å². The summed E-state index contributed by atoms with van der Waals surface area (Å²) in [6.07, 6.45) is 1.45. The van der Waals surface area contributed by atoms with Gasteiger partial charge in [-0.25, -0.2) is 10.2 Å². The maximum absolute atomic E-state index is 12.5. The van der Waals surface area contributed by atoms with Crippen molar-refractivity contribution in [2.24, 2.45) is 5.10 Å². The van der Waals surface area contributed by atoms with E-state index in [0.717, 1.165) is 11.3 Å². The largest absolute Gasteiger partial charge is 0.508 e. The van der Waals surface area contributed by atoms with Crippen LogP contribution in [-0.2, 0) is 4.79 Å². The number of carbonyl (C=O) groups is 2. The second-order valence-corrected chi connectivity index (χ2v) is 7.80. The molecule has 34 heavy (non-hydrogen) atoms. The number of hydrogen-bond donors (Lipinski definition) is 4. The molecule has 3 amide bonds. The average molecular weight is 476 g/mol. The molecule has 1 aliphatic rings. The Kier molecular flexibility index (Phi) is 6.69. The first-order valence-corrected chi connectivity index (χ1v) is 10.7. The van der Waals surface area contributed by atoms with E-state index < -0.39 is 6.03 Å². The highest BCUT2D eigenvalue weighted by Crippen LogP contribution is 2.35. The smallest absolute Gasteiger partial charge is 0.339 e. The molecule has 4 rings (SSSR count). The number of aryl methyl sites for hydroxylation is 1. The molecule has 0 fully saturated rings. The van der Waals surface area contributed by atoms with Crippen molar-refractivity contribution in [3.63, 3.8) is 0 Å². The van der Waals surface area contributed by atoms with Gasteiger partial charge in [0.1, 0.15) is 11.5 Å². The Morgan fingerprint density at radius 1 is 1.09 bits per heavy atom. The van der Waals surface area contributed by atoms with Crippen molar-refractivity contribution >= 4 is 52.5 Å². The van der Waals surface area contributed by atoms with Crippen molar-refractivity contribution in [3.05, 3.63) is 77.9 Å². The number of urea groups is 1. The number of hydrogen-bond acceptors (Lipinski definition) is 6. The highest BCUT2D eigenvalue weighted by Gasteiger charge is 2.29. The number of benzene rings is 3. The van der Waals surface area contributed by atoms with E-state index in [-0.39, 0.29) is 23.4 Å². The number of anilines is 3. The molecular weight excluding hydrogens is 454 g/mol. The number of carbonyl (C=O) groups excluding carboxylic acids is 2. The number of rotatable bonds is 4. The average Bonchev–Trinajstić information content (AvgIpc) is 2.80. The number of phenols is 1. The van der Waals surface area contributed by atoms with Crippen molar-refractivity contribution in [3.8, 4) is 11.5 Å². The molecule has 3 aromatic carbocycles. The van der Waals surface area contributed by atoms with Crippen molar-refractivity contribution < 1.29 is 19.4 Å². The predicted molar refractivity (Wildman–Crippen MR) is 135 cm³/mol. The van der Waals surface area contributed by atoms with Crippen LogP contribution in [-0.4, -0.2) is 35.0 Å². The molecule has 0 bridgehead atoms. The van der Waals surface area contributed by atoms with Gasteiger partial charge in [-0.05, 0) is 78.8 Å². The molecule has 0 saturated heterocycles. The van der Waals surface area contributed by atoms with Gasteiger partial charge in [0, 0.05) is 17.4 Å². The summed E-state index contributed by atoms with van der Waals surface area (Å²) in [7, 11) is 0. The second kappa shape index (κ2) is 10.0. The lowest BCUT2D eigenvalue weighted by Gasteiger charge is -2.30. The summed E-state index contributed by atoms with van der Waals surface area (Å²) >= 11 is 5.48. The fourth-order valence-electron chi connectivity index (χ4n) is 3.24. The molecule has 0 aromatic heterocycles. The summed E-state index contributed by atoms with van der Waals surface area (Å²) in [5, 5.41) is 19.1. The van der Waals surface area contributed by atoms with Gasteiger partial charge in [0.2, 0.25) is 0 Å². The first-order chi connectivity index (χ1) is 16.4. The number of amides is 3. The summed E-state index contributed by atoms with van der Waals surface area (Å²) in [5.41, 5.74) is 5.82. The fourth-order valence-corrected chi connectivity index (χ4v) is 3.56. The second-order valence-electron chi connectivity index (χ2n) is 7.42. The van der Waals surface area contributed by atoms with E-state index in [1.54, 1.807) is 30.3 Å². The number of aromatic hydroxyl groups is 1. The maximum Gasteiger partial charge on any atom is 0.339 e. The summed E-state index contributed by atoms with van der Waals surface area (Å²) in [4.78, 5) is 26.1. The van der Waals surface area contributed by atoms with Crippen molar-refractivity contribution in [2.45, 2.75) is 6.92 Å². The topological polar surface area (TPSA) is 115 Å². The normalized spacial score (nSPS) is 12.6. The Morgan fingerprint density at radius 2 is 1.85 bits per heavy atom. The molecule has 9 nitrogen and oxygen atoms in total. The molecule has 1 heterocycles. The Balaban J connectivity index is 1.42. The van der Waals surface area contributed by atoms with E-state index >= 15 is 0 Å². The zero-order chi connectivity index (χ0) is 24.1. The number of hydrazone groups is 1. The summed E-state index contributed by atoms with van der Waals surface area (Å²) < 4.78 is 5.56. The van der Waals surface area contributed by atoms with Crippen LogP contribution >= 0.6 is 12.2 Å². The zero-order valence-corrected chi connectivity index (χ0v) is 18.9. The molecule has 3 aromatic rings. The van der Waals surface area contributed by atoms with Crippen LogP contribution in [0.1, 0.15) is 11.1 Å². The number of ether oxygens (including phenoxy) is 1. The van der Waals surface area contributed by atoms with Crippen LogP contribution in [0.15, 0.2) is 71.8 Å². The third kappa shape index (κ3) is 5.48. The molecule has 0 spiro atoms. The van der Waals surface area contributed by atoms with Gasteiger partial charge < -0.3 is 20.5 Å². The summed E-state index contributed by atoms with van der Waals surface area (Å²) in [5.74, 6) is 0.238. The van der Waals surface area contributed by atoms with Crippen molar-refractivity contribution in [2.75, 3.05) is 22.1 Å². The Hall–Kier alpha value is -4.44. The molecule has 10 heteroatoms. The van der Waals surface area contributed by atoms with Crippen LogP contribution in [0.25, 0.3) is 0 Å². The van der Waals surface area contributed by atoms with E-state index in [9.17, 15) is 14.7 Å². The molecule has 172 valence electrons. The van der Waals surface area contributed by atoms with Crippen LogP contribution in [0.5, 0.6) is 11.5 Å². The summed E-state index contributed by atoms with van der Waals surface area (Å²) in [6, 6.07) is 18.3. The highest BCUT2D eigenvalue weighted by molar-refractivity contribution is 7.80. The van der Waals surface area contributed by atoms with Gasteiger partial charge in [0.15, 0.2) is 11.7 Å². The number of fused-ring (bicyclic) bond motifs is 1. The molecule has 0 atom stereocenters. The van der Waals surface area contributed by atoms with Crippen LogP contribution in [0, 0.1) is 6.92 Å². The predicted octanol–water partition coefficient (Wildman–Crippen LogP) is 3.98. The molecule has 0 saturated carbocycles. The molecule has 0 radical (unpaired) electrons. The Morgan fingerprint density at radius 3 is 2.62 bits per heavy atom. The van der Waals surface area contributed by atoms with Gasteiger partial charge in [-0.2, -0.15) is 5.10 Å². The SMILES string of the molecule is Cc1cccc(NC(=S)N2C(=O)COc3cc(NC(=O)N/N=C/c4ccc(O)cc4)ccc32)c1. The standard InChI is InChI=1S/C24H21N5O4S/c1-15-3-2-4-17(11-15)27-24(34)29-20-10-7-18(12-21(20)33-14-22(29)31)26-23(32)28-25-13-16-5-8-19(30)9-6-16/h2-13,30H,14H2,1H3,(H,27,34)(H2,26,28,32)/b25-13+. The summed E-state index contributed by atoms with van der Waals surface area (Å²) in [6.45, 7) is 1.78. The Labute approximate surface area is 201 Å². The lowest BCUT2D eigenvalue weighted by atomic mass is 10.2. The van der Waals surface area contributed by atoms with E-state index in [4.69, 9.17) is 17.0 Å². The molecule has 4 N–H and O–H groups in total. The van der Waals surface area contributed by atoms with Gasteiger partial charge in [-0.15, -0.1) is 0 Å². The van der Waals surface area contributed by atoms with E-state index in [0.29, 0.717) is 22.7 Å². The third-order valence-corrected chi connectivity index (χ3v) is 5.09. The van der Waals surface area contributed by atoms with Gasteiger partial charge in [-0.3, -0.25) is 9.69 Å². The minimum atomic E-state index is -0.560. The fraction of sp³-hybridized carbons (Fsp3) is 0.0833. The van der Waals surface area contributed by atoms with E-state index in [1.165, 1.54) is 23.2 Å². The first-order valence-electron chi connectivity index (χ1n) is 10.3. The highest BCUT2D eigenvalue weighted by atomic mass is 32.1. The lowest BCUT2D eigenvalue weighted by Crippen LogP contribution is -2.45. The van der Waals surface area contributed by atoms with Crippen molar-refractivity contribution in [1.82, 2.24) is 5.43 Å². The van der Waals surface area contributed by atoms with Gasteiger partial charge >= 0.3 is 6.03 Å². The van der Waals surface area contributed by atoms with Crippen LogP contribution < -0.4 is 25.7 Å². The quantitative estimate of drug-likeness (QED) is 0.258. The first kappa shape index (κ1) is 22.7.